The highest BCUT2D eigenvalue weighted by molar-refractivity contribution is 6.32. The molecule has 90 valence electrons. The van der Waals surface area contributed by atoms with Gasteiger partial charge in [-0.2, -0.15) is 0 Å². The molecular formula is C10H11ClFN5. The van der Waals surface area contributed by atoms with Gasteiger partial charge in [0.2, 0.25) is 5.95 Å². The van der Waals surface area contributed by atoms with E-state index in [9.17, 15) is 4.39 Å². The van der Waals surface area contributed by atoms with Gasteiger partial charge in [0.1, 0.15) is 6.17 Å². The molecule has 0 aromatic carbocycles. The summed E-state index contributed by atoms with van der Waals surface area (Å²) >= 11 is 5.91. The molecule has 5 nitrogen and oxygen atoms in total. The SMILES string of the molecule is FC1CCCN(c2nnc3c(Cl)nccn23)C1. The average Bonchev–Trinajstić information content (AvgIpc) is 2.74. The van der Waals surface area contributed by atoms with Crippen LogP contribution in [0.25, 0.3) is 5.65 Å². The maximum Gasteiger partial charge on any atom is 0.231 e. The monoisotopic (exact) mass is 255 g/mol. The summed E-state index contributed by atoms with van der Waals surface area (Å²) in [6.45, 7) is 1.15. The second-order valence-electron chi connectivity index (χ2n) is 4.10. The van der Waals surface area contributed by atoms with Crippen molar-refractivity contribution < 1.29 is 4.39 Å². The summed E-state index contributed by atoms with van der Waals surface area (Å²) in [5.41, 5.74) is 0.505. The van der Waals surface area contributed by atoms with E-state index >= 15 is 0 Å². The van der Waals surface area contributed by atoms with Gasteiger partial charge in [0.05, 0.1) is 6.54 Å². The fraction of sp³-hybridized carbons (Fsp3) is 0.500. The van der Waals surface area contributed by atoms with Crippen LogP contribution in [0.15, 0.2) is 12.4 Å². The first-order valence-corrected chi connectivity index (χ1v) is 5.88. The number of halogens is 2. The summed E-state index contributed by atoms with van der Waals surface area (Å²) in [5, 5.41) is 8.34. The van der Waals surface area contributed by atoms with Crippen LogP contribution < -0.4 is 4.90 Å². The molecule has 3 rings (SSSR count). The Bertz CT molecular complexity index is 542. The van der Waals surface area contributed by atoms with Gasteiger partial charge in [0.15, 0.2) is 10.8 Å². The highest BCUT2D eigenvalue weighted by Gasteiger charge is 2.23. The first-order chi connectivity index (χ1) is 8.25. The highest BCUT2D eigenvalue weighted by atomic mass is 35.5. The second-order valence-corrected chi connectivity index (χ2v) is 4.46. The van der Waals surface area contributed by atoms with E-state index in [-0.39, 0.29) is 0 Å². The molecule has 0 aliphatic carbocycles. The maximum absolute atomic E-state index is 13.4. The van der Waals surface area contributed by atoms with Crippen molar-refractivity contribution in [1.29, 1.82) is 0 Å². The summed E-state index contributed by atoms with van der Waals surface area (Å²) in [5.74, 6) is 0.631. The minimum atomic E-state index is -0.798. The van der Waals surface area contributed by atoms with E-state index in [4.69, 9.17) is 11.6 Å². The van der Waals surface area contributed by atoms with Gasteiger partial charge in [-0.1, -0.05) is 11.6 Å². The quantitative estimate of drug-likeness (QED) is 0.778. The molecule has 1 aliphatic heterocycles. The van der Waals surface area contributed by atoms with Crippen molar-refractivity contribution in [1.82, 2.24) is 19.6 Å². The lowest BCUT2D eigenvalue weighted by atomic mass is 10.1. The summed E-state index contributed by atoms with van der Waals surface area (Å²) in [6, 6.07) is 0. The zero-order chi connectivity index (χ0) is 11.8. The lowest BCUT2D eigenvalue weighted by molar-refractivity contribution is 0.285. The first kappa shape index (κ1) is 10.7. The van der Waals surface area contributed by atoms with Crippen LogP contribution in [0.2, 0.25) is 5.15 Å². The minimum Gasteiger partial charge on any atom is -0.338 e. The molecule has 1 fully saturated rings. The van der Waals surface area contributed by atoms with Gasteiger partial charge in [0.25, 0.3) is 0 Å². The summed E-state index contributed by atoms with van der Waals surface area (Å²) in [7, 11) is 0. The molecule has 0 radical (unpaired) electrons. The van der Waals surface area contributed by atoms with Gasteiger partial charge in [0, 0.05) is 18.9 Å². The van der Waals surface area contributed by atoms with Crippen LogP contribution in [0.3, 0.4) is 0 Å². The first-order valence-electron chi connectivity index (χ1n) is 5.50. The summed E-state index contributed by atoms with van der Waals surface area (Å²) in [6.07, 6.45) is 3.97. The molecule has 1 unspecified atom stereocenters. The highest BCUT2D eigenvalue weighted by Crippen LogP contribution is 2.22. The summed E-state index contributed by atoms with van der Waals surface area (Å²) in [4.78, 5) is 5.82. The Labute approximate surface area is 102 Å². The van der Waals surface area contributed by atoms with E-state index in [1.807, 2.05) is 4.90 Å². The standard InChI is InChI=1S/C10H11ClFN5/c11-8-9-14-15-10(17(9)5-3-13-8)16-4-1-2-7(12)6-16/h3,5,7H,1-2,4,6H2. The zero-order valence-electron chi connectivity index (χ0n) is 9.05. The maximum atomic E-state index is 13.4. The van der Waals surface area contributed by atoms with Gasteiger partial charge < -0.3 is 4.90 Å². The number of rotatable bonds is 1. The van der Waals surface area contributed by atoms with E-state index in [2.05, 4.69) is 15.2 Å². The van der Waals surface area contributed by atoms with E-state index < -0.39 is 6.17 Å². The Morgan fingerprint density at radius 3 is 3.12 bits per heavy atom. The predicted octanol–water partition coefficient (Wildman–Crippen LogP) is 1.72. The number of hydrogen-bond acceptors (Lipinski definition) is 4. The molecule has 2 aromatic heterocycles. The lowest BCUT2D eigenvalue weighted by Crippen LogP contribution is -2.37. The van der Waals surface area contributed by atoms with Crippen LogP contribution in [0.4, 0.5) is 10.3 Å². The molecule has 1 atom stereocenters. The number of alkyl halides is 1. The fourth-order valence-electron chi connectivity index (χ4n) is 2.11. The van der Waals surface area contributed by atoms with Crippen LogP contribution >= 0.6 is 11.6 Å². The number of fused-ring (bicyclic) bond motifs is 1. The number of piperidine rings is 1. The van der Waals surface area contributed by atoms with E-state index in [0.717, 1.165) is 13.0 Å². The molecule has 0 bridgehead atoms. The van der Waals surface area contributed by atoms with Gasteiger partial charge in [-0.3, -0.25) is 4.40 Å². The Morgan fingerprint density at radius 1 is 1.41 bits per heavy atom. The van der Waals surface area contributed by atoms with Crippen LogP contribution in [-0.4, -0.2) is 38.8 Å². The molecule has 17 heavy (non-hydrogen) atoms. The number of hydrogen-bond donors (Lipinski definition) is 0. The largest absolute Gasteiger partial charge is 0.338 e. The Balaban J connectivity index is 2.02. The van der Waals surface area contributed by atoms with Crippen molar-refractivity contribution in [3.05, 3.63) is 17.5 Å². The molecule has 0 saturated carbocycles. The van der Waals surface area contributed by atoms with E-state index in [1.54, 1.807) is 16.8 Å². The van der Waals surface area contributed by atoms with Gasteiger partial charge in [-0.25, -0.2) is 9.37 Å². The minimum absolute atomic E-state index is 0.306. The molecule has 1 aliphatic rings. The van der Waals surface area contributed by atoms with Crippen molar-refractivity contribution >= 4 is 23.2 Å². The topological polar surface area (TPSA) is 46.3 Å². The third-order valence-corrected chi connectivity index (χ3v) is 3.18. The van der Waals surface area contributed by atoms with E-state index in [1.165, 1.54) is 0 Å². The molecule has 1 saturated heterocycles. The molecule has 2 aromatic rings. The van der Waals surface area contributed by atoms with Gasteiger partial charge >= 0.3 is 0 Å². The molecule has 3 heterocycles. The Kier molecular flexibility index (Phi) is 2.58. The number of aromatic nitrogens is 4. The van der Waals surface area contributed by atoms with Crippen molar-refractivity contribution in [2.24, 2.45) is 0 Å². The van der Waals surface area contributed by atoms with Crippen molar-refractivity contribution in [3.63, 3.8) is 0 Å². The number of nitrogens with zero attached hydrogens (tertiary/aromatic N) is 5. The average molecular weight is 256 g/mol. The molecule has 7 heteroatoms. The molecule has 0 N–H and O–H groups in total. The molecular weight excluding hydrogens is 245 g/mol. The van der Waals surface area contributed by atoms with E-state index in [0.29, 0.717) is 29.7 Å². The van der Waals surface area contributed by atoms with Gasteiger partial charge in [-0.15, -0.1) is 10.2 Å². The summed E-state index contributed by atoms with van der Waals surface area (Å²) < 4.78 is 15.1. The third kappa shape index (κ3) is 1.82. The smallest absolute Gasteiger partial charge is 0.231 e. The van der Waals surface area contributed by atoms with Crippen molar-refractivity contribution in [2.75, 3.05) is 18.0 Å². The van der Waals surface area contributed by atoms with Crippen LogP contribution in [0, 0.1) is 0 Å². The predicted molar refractivity (Wildman–Crippen MR) is 62.1 cm³/mol. The van der Waals surface area contributed by atoms with Crippen molar-refractivity contribution in [3.8, 4) is 0 Å². The normalized spacial score (nSPS) is 21.1. The number of anilines is 1. The zero-order valence-corrected chi connectivity index (χ0v) is 9.81. The molecule has 0 spiro atoms. The second kappa shape index (κ2) is 4.10. The lowest BCUT2D eigenvalue weighted by Gasteiger charge is -2.28. The van der Waals surface area contributed by atoms with Crippen molar-refractivity contribution in [2.45, 2.75) is 19.0 Å². The van der Waals surface area contributed by atoms with Crippen LogP contribution in [0.5, 0.6) is 0 Å². The Hall–Kier alpha value is -1.43. The molecule has 0 amide bonds. The third-order valence-electron chi connectivity index (χ3n) is 2.91. The Morgan fingerprint density at radius 2 is 2.29 bits per heavy atom. The van der Waals surface area contributed by atoms with Gasteiger partial charge in [-0.05, 0) is 12.8 Å². The van der Waals surface area contributed by atoms with Crippen LogP contribution in [0.1, 0.15) is 12.8 Å². The fourth-order valence-corrected chi connectivity index (χ4v) is 2.29. The van der Waals surface area contributed by atoms with Crippen LogP contribution in [-0.2, 0) is 0 Å².